The quantitative estimate of drug-likeness (QED) is 0.729. The number of rotatable bonds is 4. The summed E-state index contributed by atoms with van der Waals surface area (Å²) >= 11 is 0. The van der Waals surface area contributed by atoms with Crippen LogP contribution in [0.25, 0.3) is 0 Å². The molecule has 0 heterocycles. The first kappa shape index (κ1) is 11.4. The van der Waals surface area contributed by atoms with Gasteiger partial charge in [-0.2, -0.15) is 0 Å². The predicted octanol–water partition coefficient (Wildman–Crippen LogP) is 2.81. The molecule has 0 amide bonds. The molecule has 0 spiro atoms. The highest BCUT2D eigenvalue weighted by atomic mass is 31.2. The van der Waals surface area contributed by atoms with Crippen molar-refractivity contribution in [2.45, 2.75) is 6.16 Å². The first-order valence-electron chi connectivity index (χ1n) is 4.04. The molecule has 0 radical (unpaired) electrons. The molecule has 1 rings (SSSR count). The third-order valence-corrected chi connectivity index (χ3v) is 3.71. The highest BCUT2D eigenvalue weighted by Gasteiger charge is 2.21. The van der Waals surface area contributed by atoms with Crippen molar-refractivity contribution in [2.75, 3.05) is 14.2 Å². The zero-order valence-corrected chi connectivity index (χ0v) is 8.96. The van der Waals surface area contributed by atoms with E-state index in [2.05, 4.69) is 0 Å². The minimum absolute atomic E-state index is 0.153. The fourth-order valence-electron chi connectivity index (χ4n) is 1.02. The van der Waals surface area contributed by atoms with Crippen molar-refractivity contribution < 1.29 is 18.0 Å². The van der Waals surface area contributed by atoms with Gasteiger partial charge in [-0.15, -0.1) is 0 Å². The molecule has 14 heavy (non-hydrogen) atoms. The molecule has 0 saturated carbocycles. The maximum atomic E-state index is 12.6. The summed E-state index contributed by atoms with van der Waals surface area (Å²) in [6, 6.07) is 5.73. The van der Waals surface area contributed by atoms with Gasteiger partial charge in [0.05, 0.1) is 6.16 Å². The molecule has 0 aliphatic rings. The summed E-state index contributed by atoms with van der Waals surface area (Å²) in [5.74, 6) is -0.321. The van der Waals surface area contributed by atoms with E-state index in [1.807, 2.05) is 0 Å². The van der Waals surface area contributed by atoms with Crippen molar-refractivity contribution >= 4 is 7.60 Å². The van der Waals surface area contributed by atoms with Crippen LogP contribution < -0.4 is 0 Å². The van der Waals surface area contributed by atoms with E-state index in [1.54, 1.807) is 12.1 Å². The minimum Gasteiger partial charge on any atom is -0.312 e. The van der Waals surface area contributed by atoms with E-state index in [9.17, 15) is 8.96 Å². The van der Waals surface area contributed by atoms with Gasteiger partial charge in [0.1, 0.15) is 5.82 Å². The molecule has 78 valence electrons. The van der Waals surface area contributed by atoms with Gasteiger partial charge in [0.25, 0.3) is 0 Å². The lowest BCUT2D eigenvalue weighted by Crippen LogP contribution is -1.93. The molecular weight excluding hydrogens is 206 g/mol. The summed E-state index contributed by atoms with van der Waals surface area (Å²) in [6.45, 7) is 0. The van der Waals surface area contributed by atoms with E-state index < -0.39 is 7.60 Å². The van der Waals surface area contributed by atoms with Gasteiger partial charge in [0.2, 0.25) is 0 Å². The molecule has 0 N–H and O–H groups in total. The standard InChI is InChI=1S/C9H12FO3P/c1-12-14(11,13-2)7-8-3-5-9(10)6-4-8/h3-6H,7H2,1-2H3. The number of hydrogen-bond acceptors (Lipinski definition) is 3. The molecule has 0 unspecified atom stereocenters. The van der Waals surface area contributed by atoms with Gasteiger partial charge in [-0.3, -0.25) is 4.57 Å². The first-order valence-corrected chi connectivity index (χ1v) is 5.77. The third kappa shape index (κ3) is 2.91. The van der Waals surface area contributed by atoms with E-state index in [-0.39, 0.29) is 12.0 Å². The second-order valence-electron chi connectivity index (χ2n) is 2.76. The number of hydrogen-bond donors (Lipinski definition) is 0. The highest BCUT2D eigenvalue weighted by molar-refractivity contribution is 7.52. The molecular formula is C9H12FO3P. The third-order valence-electron chi connectivity index (χ3n) is 1.85. The molecule has 1 aromatic carbocycles. The molecule has 0 aliphatic heterocycles. The Hall–Kier alpha value is -0.700. The summed E-state index contributed by atoms with van der Waals surface area (Å²) in [7, 11) is -0.386. The molecule has 0 aromatic heterocycles. The Labute approximate surface area is 82.4 Å². The van der Waals surface area contributed by atoms with Gasteiger partial charge in [-0.1, -0.05) is 12.1 Å². The summed E-state index contributed by atoms with van der Waals surface area (Å²) in [4.78, 5) is 0. The molecule has 0 bridgehead atoms. The molecule has 0 fully saturated rings. The maximum Gasteiger partial charge on any atom is 0.334 e. The maximum absolute atomic E-state index is 12.6. The topological polar surface area (TPSA) is 35.5 Å². The van der Waals surface area contributed by atoms with Crippen molar-refractivity contribution in [3.63, 3.8) is 0 Å². The fourth-order valence-corrected chi connectivity index (χ4v) is 2.08. The molecule has 1 aromatic rings. The van der Waals surface area contributed by atoms with Crippen LogP contribution in [0.1, 0.15) is 5.56 Å². The normalized spacial score (nSPS) is 11.6. The van der Waals surface area contributed by atoms with Gasteiger partial charge in [0.15, 0.2) is 0 Å². The van der Waals surface area contributed by atoms with Crippen LogP contribution in [0.2, 0.25) is 0 Å². The van der Waals surface area contributed by atoms with Crippen molar-refractivity contribution in [3.8, 4) is 0 Å². The van der Waals surface area contributed by atoms with Crippen molar-refractivity contribution in [1.29, 1.82) is 0 Å². The van der Waals surface area contributed by atoms with Crippen LogP contribution in [0.15, 0.2) is 24.3 Å². The lowest BCUT2D eigenvalue weighted by atomic mass is 10.2. The molecule has 0 saturated heterocycles. The second kappa shape index (κ2) is 4.69. The fraction of sp³-hybridized carbons (Fsp3) is 0.333. The largest absolute Gasteiger partial charge is 0.334 e. The van der Waals surface area contributed by atoms with Crippen LogP contribution >= 0.6 is 7.60 Å². The summed E-state index contributed by atoms with van der Waals surface area (Å²) in [6.07, 6.45) is 0.153. The van der Waals surface area contributed by atoms with E-state index in [1.165, 1.54) is 26.4 Å². The molecule has 5 heteroatoms. The molecule has 3 nitrogen and oxygen atoms in total. The van der Waals surface area contributed by atoms with E-state index in [4.69, 9.17) is 9.05 Å². The minimum atomic E-state index is -3.04. The van der Waals surface area contributed by atoms with Gasteiger partial charge >= 0.3 is 7.60 Å². The lowest BCUT2D eigenvalue weighted by Gasteiger charge is -2.13. The Morgan fingerprint density at radius 3 is 2.14 bits per heavy atom. The summed E-state index contributed by atoms with van der Waals surface area (Å²) in [5.41, 5.74) is 0.721. The van der Waals surface area contributed by atoms with Crippen LogP contribution in [0.3, 0.4) is 0 Å². The van der Waals surface area contributed by atoms with Gasteiger partial charge in [0, 0.05) is 14.2 Å². The SMILES string of the molecule is COP(=O)(Cc1ccc(F)cc1)OC. The Morgan fingerprint density at radius 1 is 1.21 bits per heavy atom. The van der Waals surface area contributed by atoms with E-state index >= 15 is 0 Å². The Bertz CT molecular complexity index is 328. The van der Waals surface area contributed by atoms with Crippen LogP contribution in [0.5, 0.6) is 0 Å². The second-order valence-corrected chi connectivity index (χ2v) is 5.03. The Morgan fingerprint density at radius 2 is 1.71 bits per heavy atom. The average Bonchev–Trinajstić information content (AvgIpc) is 2.21. The number of benzene rings is 1. The van der Waals surface area contributed by atoms with Crippen LogP contribution in [-0.2, 0) is 19.8 Å². The smallest absolute Gasteiger partial charge is 0.312 e. The number of halogens is 1. The van der Waals surface area contributed by atoms with Crippen LogP contribution in [-0.4, -0.2) is 14.2 Å². The zero-order chi connectivity index (χ0) is 10.6. The van der Waals surface area contributed by atoms with E-state index in [0.29, 0.717) is 0 Å². The summed E-state index contributed by atoms with van der Waals surface area (Å²) < 4.78 is 33.7. The van der Waals surface area contributed by atoms with Crippen molar-refractivity contribution in [1.82, 2.24) is 0 Å². The van der Waals surface area contributed by atoms with Crippen LogP contribution in [0.4, 0.5) is 4.39 Å². The van der Waals surface area contributed by atoms with Gasteiger partial charge < -0.3 is 9.05 Å². The van der Waals surface area contributed by atoms with E-state index in [0.717, 1.165) is 5.56 Å². The Balaban J connectivity index is 2.78. The van der Waals surface area contributed by atoms with Crippen molar-refractivity contribution in [2.24, 2.45) is 0 Å². The van der Waals surface area contributed by atoms with Crippen LogP contribution in [0, 0.1) is 5.82 Å². The monoisotopic (exact) mass is 218 g/mol. The van der Waals surface area contributed by atoms with Gasteiger partial charge in [-0.05, 0) is 17.7 Å². The predicted molar refractivity (Wildman–Crippen MR) is 51.7 cm³/mol. The Kier molecular flexibility index (Phi) is 3.81. The highest BCUT2D eigenvalue weighted by Crippen LogP contribution is 2.49. The average molecular weight is 218 g/mol. The van der Waals surface area contributed by atoms with Gasteiger partial charge in [-0.25, -0.2) is 4.39 Å². The molecule has 0 aliphatic carbocycles. The van der Waals surface area contributed by atoms with Crippen molar-refractivity contribution in [3.05, 3.63) is 35.6 Å². The zero-order valence-electron chi connectivity index (χ0n) is 8.07. The lowest BCUT2D eigenvalue weighted by molar-refractivity contribution is 0.275. The summed E-state index contributed by atoms with van der Waals surface area (Å²) in [5, 5.41) is 0. The first-order chi connectivity index (χ1) is 6.59. The molecule has 0 atom stereocenters.